The highest BCUT2D eigenvalue weighted by atomic mass is 16.5. The Morgan fingerprint density at radius 2 is 1.67 bits per heavy atom. The van der Waals surface area contributed by atoms with E-state index in [2.05, 4.69) is 9.97 Å². The minimum Gasteiger partial charge on any atom is -0.394 e. The number of fused-ring (bicyclic) bond motifs is 1. The molecule has 0 bridgehead atoms. The highest BCUT2D eigenvalue weighted by Gasteiger charge is 2.22. The van der Waals surface area contributed by atoms with Gasteiger partial charge in [-0.15, -0.1) is 0 Å². The summed E-state index contributed by atoms with van der Waals surface area (Å²) >= 11 is 0. The summed E-state index contributed by atoms with van der Waals surface area (Å²) in [6, 6.07) is 17.9. The molecule has 6 heteroatoms. The zero-order valence-corrected chi connectivity index (χ0v) is 17.5. The van der Waals surface area contributed by atoms with Crippen LogP contribution in [-0.2, 0) is 18.0 Å². The molecule has 0 aliphatic rings. The molecule has 0 spiro atoms. The predicted molar refractivity (Wildman–Crippen MR) is 116 cm³/mol. The summed E-state index contributed by atoms with van der Waals surface area (Å²) in [4.78, 5) is 9.19. The first-order valence-corrected chi connectivity index (χ1v) is 10.1. The van der Waals surface area contributed by atoms with Crippen molar-refractivity contribution in [1.82, 2.24) is 19.7 Å². The van der Waals surface area contributed by atoms with Crippen molar-refractivity contribution in [2.45, 2.75) is 40.0 Å². The number of ether oxygens (including phenoxy) is 1. The van der Waals surface area contributed by atoms with Crippen molar-refractivity contribution >= 4 is 11.0 Å². The van der Waals surface area contributed by atoms with Crippen LogP contribution >= 0.6 is 0 Å². The third kappa shape index (κ3) is 4.10. The van der Waals surface area contributed by atoms with Gasteiger partial charge in [-0.3, -0.25) is 0 Å². The summed E-state index contributed by atoms with van der Waals surface area (Å²) < 4.78 is 7.76. The first-order valence-electron chi connectivity index (χ1n) is 10.1. The van der Waals surface area contributed by atoms with E-state index >= 15 is 0 Å². The Labute approximate surface area is 176 Å². The van der Waals surface area contributed by atoms with E-state index in [1.165, 1.54) is 5.56 Å². The summed E-state index contributed by atoms with van der Waals surface area (Å²) in [5.41, 5.74) is 5.63. The molecule has 0 fully saturated rings. The molecule has 2 heterocycles. The van der Waals surface area contributed by atoms with Crippen LogP contribution in [0, 0.1) is 20.8 Å². The molecule has 6 nitrogen and oxygen atoms in total. The van der Waals surface area contributed by atoms with Gasteiger partial charge in [-0.2, -0.15) is 5.10 Å². The Balaban J connectivity index is 1.71. The molecule has 0 aliphatic heterocycles. The SMILES string of the molecule is Cc1ccc(C(CO)n2nc(COCc3ccccc3)c3c(C)nc(C)nc32)cc1. The second kappa shape index (κ2) is 8.73. The van der Waals surface area contributed by atoms with Crippen molar-refractivity contribution in [2.75, 3.05) is 6.61 Å². The minimum atomic E-state index is -0.329. The van der Waals surface area contributed by atoms with E-state index in [1.807, 2.05) is 80.1 Å². The summed E-state index contributed by atoms with van der Waals surface area (Å²) in [6.07, 6.45) is 0. The first kappa shape index (κ1) is 20.2. The number of hydrogen-bond donors (Lipinski definition) is 1. The Kier molecular flexibility index (Phi) is 5.88. The average Bonchev–Trinajstić information content (AvgIpc) is 3.09. The zero-order valence-electron chi connectivity index (χ0n) is 17.5. The first-order chi connectivity index (χ1) is 14.6. The molecule has 0 saturated carbocycles. The van der Waals surface area contributed by atoms with E-state index in [0.717, 1.165) is 33.5 Å². The van der Waals surface area contributed by atoms with E-state index in [-0.39, 0.29) is 12.6 Å². The average molecular weight is 402 g/mol. The smallest absolute Gasteiger partial charge is 0.162 e. The van der Waals surface area contributed by atoms with Gasteiger partial charge in [0.25, 0.3) is 0 Å². The van der Waals surface area contributed by atoms with Crippen LogP contribution in [0.25, 0.3) is 11.0 Å². The van der Waals surface area contributed by atoms with E-state index in [9.17, 15) is 5.11 Å². The van der Waals surface area contributed by atoms with Gasteiger partial charge in [0.05, 0.1) is 36.6 Å². The van der Waals surface area contributed by atoms with Crippen molar-refractivity contribution < 1.29 is 9.84 Å². The van der Waals surface area contributed by atoms with E-state index in [4.69, 9.17) is 9.84 Å². The van der Waals surface area contributed by atoms with Gasteiger partial charge in [0.1, 0.15) is 11.9 Å². The summed E-state index contributed by atoms with van der Waals surface area (Å²) in [7, 11) is 0. The fourth-order valence-electron chi connectivity index (χ4n) is 3.70. The van der Waals surface area contributed by atoms with Crippen LogP contribution in [0.4, 0.5) is 0 Å². The van der Waals surface area contributed by atoms with Crippen LogP contribution in [0.15, 0.2) is 54.6 Å². The number of aromatic nitrogens is 4. The Hall–Kier alpha value is -3.09. The lowest BCUT2D eigenvalue weighted by atomic mass is 10.1. The van der Waals surface area contributed by atoms with Crippen molar-refractivity contribution in [3.05, 3.63) is 88.5 Å². The minimum absolute atomic E-state index is 0.0771. The molecular formula is C24H26N4O2. The standard InChI is InChI=1S/C24H26N4O2/c1-16-9-11-20(12-10-16)22(13-29)28-24-23(17(2)25-18(3)26-24)21(27-28)15-30-14-19-7-5-4-6-8-19/h4-12,22,29H,13-15H2,1-3H3. The van der Waals surface area contributed by atoms with Gasteiger partial charge in [0.2, 0.25) is 0 Å². The second-order valence-electron chi connectivity index (χ2n) is 7.53. The van der Waals surface area contributed by atoms with Crippen LogP contribution in [0.1, 0.15) is 39.9 Å². The van der Waals surface area contributed by atoms with Gasteiger partial charge >= 0.3 is 0 Å². The zero-order chi connectivity index (χ0) is 21.1. The highest BCUT2D eigenvalue weighted by Crippen LogP contribution is 2.27. The van der Waals surface area contributed by atoms with Crippen LogP contribution in [-0.4, -0.2) is 31.5 Å². The largest absolute Gasteiger partial charge is 0.394 e. The Bertz CT molecular complexity index is 1140. The number of aliphatic hydroxyl groups excluding tert-OH is 1. The fraction of sp³-hybridized carbons (Fsp3) is 0.292. The second-order valence-corrected chi connectivity index (χ2v) is 7.53. The van der Waals surface area contributed by atoms with Crippen LogP contribution in [0.2, 0.25) is 0 Å². The molecule has 0 aliphatic carbocycles. The molecule has 4 rings (SSSR count). The highest BCUT2D eigenvalue weighted by molar-refractivity contribution is 5.81. The third-order valence-electron chi connectivity index (χ3n) is 5.20. The van der Waals surface area contributed by atoms with Crippen molar-refractivity contribution in [3.63, 3.8) is 0 Å². The molecule has 0 amide bonds. The number of aliphatic hydroxyl groups is 1. The van der Waals surface area contributed by atoms with Crippen molar-refractivity contribution in [3.8, 4) is 0 Å². The molecule has 154 valence electrons. The lowest BCUT2D eigenvalue weighted by molar-refractivity contribution is 0.104. The van der Waals surface area contributed by atoms with Crippen LogP contribution in [0.5, 0.6) is 0 Å². The molecule has 2 aromatic carbocycles. The normalized spacial score (nSPS) is 12.4. The van der Waals surface area contributed by atoms with E-state index in [0.29, 0.717) is 19.0 Å². The molecule has 0 radical (unpaired) electrons. The number of benzene rings is 2. The number of aryl methyl sites for hydroxylation is 3. The third-order valence-corrected chi connectivity index (χ3v) is 5.20. The van der Waals surface area contributed by atoms with Gasteiger partial charge in [0, 0.05) is 0 Å². The lowest BCUT2D eigenvalue weighted by Crippen LogP contribution is -2.17. The summed E-state index contributed by atoms with van der Waals surface area (Å²) in [5.74, 6) is 0.679. The van der Waals surface area contributed by atoms with Gasteiger partial charge in [-0.05, 0) is 31.9 Å². The maximum Gasteiger partial charge on any atom is 0.162 e. The van der Waals surface area contributed by atoms with Gasteiger partial charge in [-0.1, -0.05) is 60.2 Å². The topological polar surface area (TPSA) is 73.1 Å². The molecule has 1 unspecified atom stereocenters. The summed E-state index contributed by atoms with van der Waals surface area (Å²) in [5, 5.41) is 15.9. The van der Waals surface area contributed by atoms with Crippen molar-refractivity contribution in [1.29, 1.82) is 0 Å². The van der Waals surface area contributed by atoms with E-state index < -0.39 is 0 Å². The van der Waals surface area contributed by atoms with Crippen LogP contribution in [0.3, 0.4) is 0 Å². The lowest BCUT2D eigenvalue weighted by Gasteiger charge is -2.16. The fourth-order valence-corrected chi connectivity index (χ4v) is 3.70. The molecule has 0 saturated heterocycles. The van der Waals surface area contributed by atoms with Gasteiger partial charge < -0.3 is 9.84 Å². The maximum absolute atomic E-state index is 10.2. The van der Waals surface area contributed by atoms with E-state index in [1.54, 1.807) is 0 Å². The Morgan fingerprint density at radius 1 is 0.933 bits per heavy atom. The Morgan fingerprint density at radius 3 is 2.37 bits per heavy atom. The van der Waals surface area contributed by atoms with Crippen molar-refractivity contribution in [2.24, 2.45) is 0 Å². The van der Waals surface area contributed by atoms with Gasteiger partial charge in [-0.25, -0.2) is 14.6 Å². The predicted octanol–water partition coefficient (Wildman–Crippen LogP) is 4.05. The quantitative estimate of drug-likeness (QED) is 0.505. The van der Waals surface area contributed by atoms with Crippen LogP contribution < -0.4 is 0 Å². The maximum atomic E-state index is 10.2. The summed E-state index contributed by atoms with van der Waals surface area (Å²) in [6.45, 7) is 6.65. The number of rotatable bonds is 7. The monoisotopic (exact) mass is 402 g/mol. The molecule has 30 heavy (non-hydrogen) atoms. The molecule has 4 aromatic rings. The molecule has 2 aromatic heterocycles. The number of nitrogens with zero attached hydrogens (tertiary/aromatic N) is 4. The molecule has 1 N–H and O–H groups in total. The molecule has 1 atom stereocenters. The molecular weight excluding hydrogens is 376 g/mol. The number of hydrogen-bond acceptors (Lipinski definition) is 5. The van der Waals surface area contributed by atoms with Gasteiger partial charge in [0.15, 0.2) is 5.65 Å².